The van der Waals surface area contributed by atoms with E-state index in [4.69, 9.17) is 0 Å². The molecule has 0 radical (unpaired) electrons. The van der Waals surface area contributed by atoms with Crippen LogP contribution in [0.1, 0.15) is 59.3 Å². The summed E-state index contributed by atoms with van der Waals surface area (Å²) >= 11 is 0. The largest absolute Gasteiger partial charge is 0.261 e. The van der Waals surface area contributed by atoms with Gasteiger partial charge in [-0.3, -0.25) is 4.99 Å². The Hall–Kier alpha value is -1.11. The van der Waals surface area contributed by atoms with E-state index in [-0.39, 0.29) is 0 Å². The van der Waals surface area contributed by atoms with Crippen LogP contribution in [0.3, 0.4) is 0 Å². The summed E-state index contributed by atoms with van der Waals surface area (Å²) in [6, 6.07) is 0. The molecule has 0 atom stereocenters. The zero-order valence-electron chi connectivity index (χ0n) is 11.8. The van der Waals surface area contributed by atoms with E-state index in [0.717, 1.165) is 25.0 Å². The topological polar surface area (TPSA) is 12.4 Å². The lowest BCUT2D eigenvalue weighted by Crippen LogP contribution is -1.87. The number of hydrogen-bond acceptors (Lipinski definition) is 1. The molecule has 96 valence electrons. The highest BCUT2D eigenvalue weighted by atomic mass is 14.7. The second-order valence-electron chi connectivity index (χ2n) is 4.43. The third-order valence-electron chi connectivity index (χ3n) is 2.78. The van der Waals surface area contributed by atoms with E-state index >= 15 is 0 Å². The fourth-order valence-electron chi connectivity index (χ4n) is 1.59. The monoisotopic (exact) mass is 233 g/mol. The van der Waals surface area contributed by atoms with Crippen molar-refractivity contribution in [2.24, 2.45) is 4.99 Å². The minimum absolute atomic E-state index is 0.834. The molecule has 17 heavy (non-hydrogen) atoms. The average Bonchev–Trinajstić information content (AvgIpc) is 2.30. The summed E-state index contributed by atoms with van der Waals surface area (Å²) in [6.45, 7) is 14.5. The molecule has 0 aromatic carbocycles. The number of rotatable bonds is 9. The van der Waals surface area contributed by atoms with Crippen LogP contribution in [0.15, 0.2) is 41.1 Å². The Kier molecular flexibility index (Phi) is 9.41. The Morgan fingerprint density at radius 2 is 1.88 bits per heavy atom. The summed E-state index contributed by atoms with van der Waals surface area (Å²) in [5, 5.41) is 0. The summed E-state index contributed by atoms with van der Waals surface area (Å²) in [5.41, 5.74) is 3.42. The number of aliphatic imine (C=N–C) groups is 1. The van der Waals surface area contributed by atoms with E-state index in [2.05, 4.69) is 38.1 Å². The molecule has 0 amide bonds. The number of nitrogens with zero attached hydrogens (tertiary/aromatic N) is 1. The molecule has 0 N–H and O–H groups in total. The maximum atomic E-state index is 4.39. The average molecular weight is 233 g/mol. The van der Waals surface area contributed by atoms with Crippen molar-refractivity contribution in [2.75, 3.05) is 0 Å². The Labute approximate surface area is 107 Å². The molecule has 0 unspecified atom stereocenters. The van der Waals surface area contributed by atoms with Gasteiger partial charge in [0.05, 0.1) is 0 Å². The molecule has 0 saturated heterocycles. The first-order valence-corrected chi connectivity index (χ1v) is 6.67. The van der Waals surface area contributed by atoms with Crippen molar-refractivity contribution < 1.29 is 0 Å². The standard InChI is InChI=1S/C16H27N/c1-6-9-10-11-14(4)12-15(5)17-13-16(7-2)8-3/h7,13H,4-6,8-12H2,1-3H3/b16-7-,17-13-. The third kappa shape index (κ3) is 8.67. The third-order valence-corrected chi connectivity index (χ3v) is 2.78. The van der Waals surface area contributed by atoms with Gasteiger partial charge in [0.1, 0.15) is 0 Å². The number of hydrogen-bond donors (Lipinski definition) is 0. The predicted octanol–water partition coefficient (Wildman–Crippen LogP) is 5.45. The van der Waals surface area contributed by atoms with Gasteiger partial charge < -0.3 is 0 Å². The van der Waals surface area contributed by atoms with Crippen LogP contribution in [0.2, 0.25) is 0 Å². The number of allylic oxidation sites excluding steroid dienone is 3. The van der Waals surface area contributed by atoms with Gasteiger partial charge in [0.25, 0.3) is 0 Å². The zero-order chi connectivity index (χ0) is 13.1. The van der Waals surface area contributed by atoms with Gasteiger partial charge in [0.15, 0.2) is 0 Å². The molecular weight excluding hydrogens is 206 g/mol. The highest BCUT2D eigenvalue weighted by Crippen LogP contribution is 2.15. The second-order valence-corrected chi connectivity index (χ2v) is 4.43. The van der Waals surface area contributed by atoms with E-state index < -0.39 is 0 Å². The highest BCUT2D eigenvalue weighted by Gasteiger charge is 1.97. The molecule has 1 heteroatoms. The van der Waals surface area contributed by atoms with E-state index in [9.17, 15) is 0 Å². The summed E-state index contributed by atoms with van der Waals surface area (Å²) < 4.78 is 0. The molecule has 0 fully saturated rings. The SMILES string of the molecule is C=C(CCCCC)CC(=C)/N=C\C(=C/C)CC. The van der Waals surface area contributed by atoms with Crippen LogP contribution in [-0.4, -0.2) is 6.21 Å². The normalized spacial score (nSPS) is 12.1. The molecule has 0 rings (SSSR count). The van der Waals surface area contributed by atoms with Crippen molar-refractivity contribution in [2.45, 2.75) is 59.3 Å². The van der Waals surface area contributed by atoms with Crippen molar-refractivity contribution in [3.05, 3.63) is 36.1 Å². The van der Waals surface area contributed by atoms with Gasteiger partial charge in [-0.2, -0.15) is 0 Å². The van der Waals surface area contributed by atoms with Crippen molar-refractivity contribution in [1.82, 2.24) is 0 Å². The first kappa shape index (κ1) is 15.9. The molecule has 0 aliphatic heterocycles. The molecule has 0 aromatic heterocycles. The van der Waals surface area contributed by atoms with Gasteiger partial charge in [-0.05, 0) is 31.8 Å². The lowest BCUT2D eigenvalue weighted by atomic mass is 10.1. The van der Waals surface area contributed by atoms with Gasteiger partial charge in [-0.1, -0.05) is 51.5 Å². The molecule has 0 aromatic rings. The Balaban J connectivity index is 3.97. The van der Waals surface area contributed by atoms with Crippen LogP contribution >= 0.6 is 0 Å². The summed E-state index contributed by atoms with van der Waals surface area (Å²) in [7, 11) is 0. The lowest BCUT2D eigenvalue weighted by Gasteiger charge is -2.04. The van der Waals surface area contributed by atoms with E-state index in [1.807, 2.05) is 13.1 Å². The van der Waals surface area contributed by atoms with Crippen molar-refractivity contribution >= 4 is 6.21 Å². The van der Waals surface area contributed by atoms with E-state index in [0.29, 0.717) is 0 Å². The van der Waals surface area contributed by atoms with Crippen LogP contribution in [0, 0.1) is 0 Å². The summed E-state index contributed by atoms with van der Waals surface area (Å²) in [6.07, 6.45) is 10.7. The van der Waals surface area contributed by atoms with Gasteiger partial charge in [-0.25, -0.2) is 0 Å². The molecule has 0 bridgehead atoms. The van der Waals surface area contributed by atoms with Crippen molar-refractivity contribution in [3.8, 4) is 0 Å². The van der Waals surface area contributed by atoms with Crippen molar-refractivity contribution in [3.63, 3.8) is 0 Å². The fraction of sp³-hybridized carbons (Fsp3) is 0.562. The quantitative estimate of drug-likeness (QED) is 0.285. The fourth-order valence-corrected chi connectivity index (χ4v) is 1.59. The van der Waals surface area contributed by atoms with Gasteiger partial charge in [0.2, 0.25) is 0 Å². The van der Waals surface area contributed by atoms with Crippen LogP contribution < -0.4 is 0 Å². The summed E-state index contributed by atoms with van der Waals surface area (Å²) in [4.78, 5) is 4.39. The van der Waals surface area contributed by atoms with Gasteiger partial charge in [-0.15, -0.1) is 0 Å². The maximum Gasteiger partial charge on any atom is 0.0372 e. The molecule has 0 aliphatic carbocycles. The maximum absolute atomic E-state index is 4.39. The Bertz CT molecular complexity index is 295. The van der Waals surface area contributed by atoms with E-state index in [1.165, 1.54) is 30.4 Å². The number of unbranched alkanes of at least 4 members (excludes halogenated alkanes) is 2. The smallest absolute Gasteiger partial charge is 0.0372 e. The first-order valence-electron chi connectivity index (χ1n) is 6.67. The molecule has 0 aliphatic rings. The van der Waals surface area contributed by atoms with Crippen LogP contribution in [0.4, 0.5) is 0 Å². The summed E-state index contributed by atoms with van der Waals surface area (Å²) in [5.74, 6) is 0. The Morgan fingerprint density at radius 1 is 1.18 bits per heavy atom. The lowest BCUT2D eigenvalue weighted by molar-refractivity contribution is 0.705. The first-order chi connectivity index (χ1) is 8.13. The zero-order valence-corrected chi connectivity index (χ0v) is 11.8. The molecule has 0 heterocycles. The van der Waals surface area contributed by atoms with Crippen molar-refractivity contribution in [1.29, 1.82) is 0 Å². The van der Waals surface area contributed by atoms with Crippen LogP contribution in [-0.2, 0) is 0 Å². The van der Waals surface area contributed by atoms with Crippen LogP contribution in [0.25, 0.3) is 0 Å². The van der Waals surface area contributed by atoms with Gasteiger partial charge in [0, 0.05) is 18.3 Å². The predicted molar refractivity (Wildman–Crippen MR) is 79.6 cm³/mol. The second kappa shape index (κ2) is 10.1. The molecule has 0 spiro atoms. The minimum Gasteiger partial charge on any atom is -0.261 e. The molecular formula is C16H27N. The molecule has 0 saturated carbocycles. The van der Waals surface area contributed by atoms with Crippen LogP contribution in [0.5, 0.6) is 0 Å². The van der Waals surface area contributed by atoms with E-state index in [1.54, 1.807) is 0 Å². The minimum atomic E-state index is 0.834. The van der Waals surface area contributed by atoms with Gasteiger partial charge >= 0.3 is 0 Å². The molecule has 1 nitrogen and oxygen atoms in total. The Morgan fingerprint density at radius 3 is 2.41 bits per heavy atom. The highest BCUT2D eigenvalue weighted by molar-refractivity contribution is 5.79.